The minimum atomic E-state index is -0.00933. The van der Waals surface area contributed by atoms with E-state index in [1.165, 1.54) is 0 Å². The lowest BCUT2D eigenvalue weighted by Crippen LogP contribution is -2.12. The number of ether oxygens (including phenoxy) is 3. The molecule has 1 unspecified atom stereocenters. The number of nitrogens with zero attached hydrogens (tertiary/aromatic N) is 2. The maximum Gasteiger partial charge on any atom is 0.218 e. The van der Waals surface area contributed by atoms with Crippen LogP contribution in [-0.2, 0) is 9.47 Å². The van der Waals surface area contributed by atoms with Crippen LogP contribution >= 0.6 is 0 Å². The summed E-state index contributed by atoms with van der Waals surface area (Å²) in [6.07, 6.45) is 3.22. The molecule has 6 nitrogen and oxygen atoms in total. The van der Waals surface area contributed by atoms with Gasteiger partial charge in [0, 0.05) is 25.8 Å². The maximum absolute atomic E-state index is 5.63. The minimum Gasteiger partial charge on any atom is -0.481 e. The first-order valence-corrected chi connectivity index (χ1v) is 7.59. The highest BCUT2D eigenvalue weighted by molar-refractivity contribution is 5.38. The summed E-state index contributed by atoms with van der Waals surface area (Å²) in [4.78, 5) is 8.91. The molecule has 1 aromatic heterocycles. The van der Waals surface area contributed by atoms with Crippen molar-refractivity contribution in [2.24, 2.45) is 0 Å². The van der Waals surface area contributed by atoms with Crippen LogP contribution < -0.4 is 10.1 Å². The van der Waals surface area contributed by atoms with Crippen molar-refractivity contribution in [3.8, 4) is 5.88 Å². The Balaban J connectivity index is 1.90. The van der Waals surface area contributed by atoms with Crippen molar-refractivity contribution < 1.29 is 14.2 Å². The van der Waals surface area contributed by atoms with Crippen LogP contribution in [0.5, 0.6) is 5.88 Å². The van der Waals surface area contributed by atoms with E-state index in [0.717, 1.165) is 44.8 Å². The number of nitrogens with one attached hydrogen (secondary N) is 1. The lowest BCUT2D eigenvalue weighted by Gasteiger charge is -2.13. The first kappa shape index (κ1) is 16.0. The number of hydrogen-bond acceptors (Lipinski definition) is 6. The van der Waals surface area contributed by atoms with Crippen molar-refractivity contribution in [2.75, 3.05) is 32.2 Å². The quantitative estimate of drug-likeness (QED) is 0.744. The second-order valence-electron chi connectivity index (χ2n) is 5.36. The van der Waals surface area contributed by atoms with Crippen molar-refractivity contribution in [1.82, 2.24) is 9.97 Å². The van der Waals surface area contributed by atoms with Gasteiger partial charge in [0.2, 0.25) is 5.88 Å². The molecule has 118 valence electrons. The van der Waals surface area contributed by atoms with Gasteiger partial charge in [-0.05, 0) is 33.1 Å². The zero-order valence-electron chi connectivity index (χ0n) is 13.1. The predicted octanol–water partition coefficient (Wildman–Crippen LogP) is 2.56. The molecule has 1 aliphatic rings. The van der Waals surface area contributed by atoms with Gasteiger partial charge in [0.25, 0.3) is 0 Å². The first-order valence-electron chi connectivity index (χ1n) is 7.59. The highest BCUT2D eigenvalue weighted by atomic mass is 16.5. The molecule has 1 aromatic rings. The Kier molecular flexibility index (Phi) is 6.20. The van der Waals surface area contributed by atoms with Crippen molar-refractivity contribution in [2.45, 2.75) is 45.3 Å². The molecule has 0 spiro atoms. The van der Waals surface area contributed by atoms with E-state index in [4.69, 9.17) is 14.2 Å². The van der Waals surface area contributed by atoms with Crippen LogP contribution in [0.4, 0.5) is 5.82 Å². The molecule has 0 aliphatic carbocycles. The molecule has 1 fully saturated rings. The summed E-state index contributed by atoms with van der Waals surface area (Å²) < 4.78 is 16.4. The Morgan fingerprint density at radius 3 is 2.95 bits per heavy atom. The number of anilines is 1. The second kappa shape index (κ2) is 8.14. The molecule has 0 radical (unpaired) electrons. The Bertz CT molecular complexity index is 434. The normalized spacial score (nSPS) is 18.2. The summed E-state index contributed by atoms with van der Waals surface area (Å²) >= 11 is 0. The third-order valence-corrected chi connectivity index (χ3v) is 3.23. The zero-order valence-corrected chi connectivity index (χ0v) is 13.1. The fourth-order valence-corrected chi connectivity index (χ4v) is 2.17. The lowest BCUT2D eigenvalue weighted by molar-refractivity contribution is 0.0787. The summed E-state index contributed by atoms with van der Waals surface area (Å²) in [6.45, 7) is 6.40. The summed E-state index contributed by atoms with van der Waals surface area (Å²) in [5, 5.41) is 3.29. The SMILES string of the molecule is COc1cc(NCCCOC(C)C)nc(C2CCCO2)n1. The van der Waals surface area contributed by atoms with Crippen LogP contribution in [0.25, 0.3) is 0 Å². The highest BCUT2D eigenvalue weighted by Crippen LogP contribution is 2.28. The van der Waals surface area contributed by atoms with Gasteiger partial charge in [-0.25, -0.2) is 4.98 Å². The number of aromatic nitrogens is 2. The Labute approximate surface area is 126 Å². The van der Waals surface area contributed by atoms with Gasteiger partial charge in [-0.2, -0.15) is 4.98 Å². The zero-order chi connectivity index (χ0) is 15.1. The molecule has 0 amide bonds. The van der Waals surface area contributed by atoms with Crippen LogP contribution in [0.3, 0.4) is 0 Å². The standard InChI is InChI=1S/C15H25N3O3/c1-11(2)20-9-5-7-16-13-10-14(19-3)18-15(17-13)12-6-4-8-21-12/h10-12H,4-9H2,1-3H3,(H,16,17,18). The first-order chi connectivity index (χ1) is 10.2. The topological polar surface area (TPSA) is 65.5 Å². The maximum atomic E-state index is 5.63. The molecule has 2 heterocycles. The van der Waals surface area contributed by atoms with E-state index in [1.807, 2.05) is 19.9 Å². The van der Waals surface area contributed by atoms with E-state index in [-0.39, 0.29) is 12.2 Å². The second-order valence-corrected chi connectivity index (χ2v) is 5.36. The molecule has 0 bridgehead atoms. The van der Waals surface area contributed by atoms with Gasteiger partial charge >= 0.3 is 0 Å². The van der Waals surface area contributed by atoms with Gasteiger partial charge in [0.05, 0.1) is 13.2 Å². The van der Waals surface area contributed by atoms with Crippen molar-refractivity contribution >= 4 is 5.82 Å². The van der Waals surface area contributed by atoms with Gasteiger partial charge in [-0.1, -0.05) is 0 Å². The Hall–Kier alpha value is -1.40. The summed E-state index contributed by atoms with van der Waals surface area (Å²) in [5.41, 5.74) is 0. The molecule has 1 N–H and O–H groups in total. The average Bonchev–Trinajstić information content (AvgIpc) is 3.00. The fraction of sp³-hybridized carbons (Fsp3) is 0.733. The van der Waals surface area contributed by atoms with Gasteiger partial charge in [-0.15, -0.1) is 0 Å². The molecule has 1 aliphatic heterocycles. The summed E-state index contributed by atoms with van der Waals surface area (Å²) in [5.74, 6) is 2.04. The molecule has 0 aromatic carbocycles. The predicted molar refractivity (Wildman–Crippen MR) is 80.7 cm³/mol. The smallest absolute Gasteiger partial charge is 0.218 e. The van der Waals surface area contributed by atoms with Gasteiger partial charge in [-0.3, -0.25) is 0 Å². The molecular formula is C15H25N3O3. The van der Waals surface area contributed by atoms with Gasteiger partial charge in [0.15, 0.2) is 5.82 Å². The van der Waals surface area contributed by atoms with E-state index < -0.39 is 0 Å². The van der Waals surface area contributed by atoms with Gasteiger partial charge < -0.3 is 19.5 Å². The van der Waals surface area contributed by atoms with E-state index in [2.05, 4.69) is 15.3 Å². The van der Waals surface area contributed by atoms with Crippen molar-refractivity contribution in [1.29, 1.82) is 0 Å². The Morgan fingerprint density at radius 1 is 1.43 bits per heavy atom. The molecule has 0 saturated carbocycles. The van der Waals surface area contributed by atoms with E-state index in [0.29, 0.717) is 11.7 Å². The van der Waals surface area contributed by atoms with Crippen LogP contribution in [-0.4, -0.2) is 42.9 Å². The van der Waals surface area contributed by atoms with E-state index in [9.17, 15) is 0 Å². The van der Waals surface area contributed by atoms with Crippen LogP contribution in [0.15, 0.2) is 6.07 Å². The fourth-order valence-electron chi connectivity index (χ4n) is 2.17. The van der Waals surface area contributed by atoms with Crippen LogP contribution in [0.2, 0.25) is 0 Å². The molecule has 1 saturated heterocycles. The van der Waals surface area contributed by atoms with E-state index in [1.54, 1.807) is 7.11 Å². The number of methoxy groups -OCH3 is 1. The molecule has 2 rings (SSSR count). The molecular weight excluding hydrogens is 270 g/mol. The summed E-state index contributed by atoms with van der Waals surface area (Å²) in [6, 6.07) is 1.81. The molecule has 1 atom stereocenters. The van der Waals surface area contributed by atoms with E-state index >= 15 is 0 Å². The largest absolute Gasteiger partial charge is 0.481 e. The molecule has 6 heteroatoms. The number of rotatable bonds is 8. The minimum absolute atomic E-state index is 0.00933. The highest BCUT2D eigenvalue weighted by Gasteiger charge is 2.21. The lowest BCUT2D eigenvalue weighted by atomic mass is 10.2. The third kappa shape index (κ3) is 5.13. The molecule has 21 heavy (non-hydrogen) atoms. The van der Waals surface area contributed by atoms with Gasteiger partial charge in [0.1, 0.15) is 11.9 Å². The number of hydrogen-bond donors (Lipinski definition) is 1. The van der Waals surface area contributed by atoms with Crippen LogP contribution in [0.1, 0.15) is 45.0 Å². The Morgan fingerprint density at radius 2 is 2.29 bits per heavy atom. The van der Waals surface area contributed by atoms with Crippen molar-refractivity contribution in [3.05, 3.63) is 11.9 Å². The average molecular weight is 295 g/mol. The monoisotopic (exact) mass is 295 g/mol. The summed E-state index contributed by atoms with van der Waals surface area (Å²) in [7, 11) is 1.61. The third-order valence-electron chi connectivity index (χ3n) is 3.23. The van der Waals surface area contributed by atoms with Crippen LogP contribution in [0, 0.1) is 0 Å². The van der Waals surface area contributed by atoms with Crippen molar-refractivity contribution in [3.63, 3.8) is 0 Å².